The number of aliphatic hydroxyl groups is 1. The molecule has 0 heterocycles. The van der Waals surface area contributed by atoms with Crippen LogP contribution >= 0.6 is 0 Å². The molecule has 0 aliphatic heterocycles. The van der Waals surface area contributed by atoms with E-state index in [4.69, 9.17) is 15.0 Å². The molecule has 0 spiro atoms. The van der Waals surface area contributed by atoms with Crippen LogP contribution in [0.3, 0.4) is 0 Å². The molecule has 0 amide bonds. The van der Waals surface area contributed by atoms with Crippen LogP contribution in [0.1, 0.15) is 52.4 Å². The zero-order chi connectivity index (χ0) is 13.4. The average Bonchev–Trinajstić information content (AvgIpc) is 2.26. The van der Waals surface area contributed by atoms with Crippen molar-refractivity contribution in [1.82, 2.24) is 0 Å². The molecule has 0 aromatic rings. The Bertz CT molecular complexity index is 204. The van der Waals surface area contributed by atoms with E-state index in [1.165, 1.54) is 32.1 Å². The topological polar surface area (TPSA) is 57.5 Å². The molecular weight excluding hydrogens is 216 g/mol. The van der Waals surface area contributed by atoms with Crippen LogP contribution in [0.5, 0.6) is 0 Å². The van der Waals surface area contributed by atoms with E-state index in [1.54, 1.807) is 0 Å². The summed E-state index contributed by atoms with van der Waals surface area (Å²) in [6.07, 6.45) is 15.6. The van der Waals surface area contributed by atoms with Crippen molar-refractivity contribution in [2.45, 2.75) is 52.4 Å². The molecule has 0 saturated carbocycles. The molecule has 3 nitrogen and oxygen atoms in total. The molecule has 0 aromatic heterocycles. The Morgan fingerprint density at radius 3 is 2.12 bits per heavy atom. The minimum atomic E-state index is -0.833. The average molecular weight is 242 g/mol. The van der Waals surface area contributed by atoms with E-state index in [9.17, 15) is 0 Å². The van der Waals surface area contributed by atoms with Gasteiger partial charge in [0.05, 0.1) is 0 Å². The molecule has 3 heteroatoms. The first-order valence-corrected chi connectivity index (χ1v) is 6.23. The number of rotatable bonds is 8. The molecule has 0 unspecified atom stereocenters. The molecule has 2 N–H and O–H groups in total. The Hall–Kier alpha value is -1.09. The summed E-state index contributed by atoms with van der Waals surface area (Å²) in [7, 11) is 0. The Morgan fingerprint density at radius 2 is 1.59 bits per heavy atom. The largest absolute Gasteiger partial charge is 0.481 e. The number of unbranched alkanes of at least 4 members (excludes halogenated alkanes) is 5. The number of aliphatic carboxylic acids is 1. The van der Waals surface area contributed by atoms with Gasteiger partial charge >= 0.3 is 0 Å². The van der Waals surface area contributed by atoms with Gasteiger partial charge in [0.1, 0.15) is 0 Å². The monoisotopic (exact) mass is 242 g/mol. The molecule has 0 bridgehead atoms. The van der Waals surface area contributed by atoms with Gasteiger partial charge < -0.3 is 10.2 Å². The van der Waals surface area contributed by atoms with Gasteiger partial charge in [-0.25, -0.2) is 0 Å². The normalized spacial score (nSPS) is 10.5. The van der Waals surface area contributed by atoms with Crippen LogP contribution in [0.25, 0.3) is 0 Å². The molecular formula is C14H26O3. The van der Waals surface area contributed by atoms with E-state index in [0.29, 0.717) is 6.61 Å². The highest BCUT2D eigenvalue weighted by Crippen LogP contribution is 2.05. The van der Waals surface area contributed by atoms with Crippen LogP contribution in [0.2, 0.25) is 0 Å². The Balaban J connectivity index is 0. The van der Waals surface area contributed by atoms with E-state index >= 15 is 0 Å². The number of carboxylic acids is 1. The van der Waals surface area contributed by atoms with Crippen LogP contribution in [-0.4, -0.2) is 22.8 Å². The van der Waals surface area contributed by atoms with Gasteiger partial charge in [-0.3, -0.25) is 4.79 Å². The first-order chi connectivity index (χ1) is 8.15. The van der Waals surface area contributed by atoms with Gasteiger partial charge in [-0.2, -0.15) is 0 Å². The predicted molar refractivity (Wildman–Crippen MR) is 72.1 cm³/mol. The number of aliphatic hydroxyl groups excluding tert-OH is 1. The lowest BCUT2D eigenvalue weighted by Gasteiger charge is -1.96. The molecule has 0 aliphatic carbocycles. The van der Waals surface area contributed by atoms with Crippen molar-refractivity contribution in [3.8, 4) is 0 Å². The van der Waals surface area contributed by atoms with Crippen LogP contribution in [-0.2, 0) is 4.79 Å². The van der Waals surface area contributed by atoms with E-state index in [2.05, 4.69) is 18.2 Å². The first-order valence-electron chi connectivity index (χ1n) is 6.23. The fraction of sp³-hybridized carbons (Fsp3) is 0.643. The Morgan fingerprint density at radius 1 is 1.06 bits per heavy atom. The summed E-state index contributed by atoms with van der Waals surface area (Å²) >= 11 is 0. The zero-order valence-corrected chi connectivity index (χ0v) is 11.1. The smallest absolute Gasteiger partial charge is 0.300 e. The highest BCUT2D eigenvalue weighted by Gasteiger charge is 1.87. The van der Waals surface area contributed by atoms with Crippen molar-refractivity contribution in [1.29, 1.82) is 0 Å². The second-order valence-electron chi connectivity index (χ2n) is 3.75. The van der Waals surface area contributed by atoms with Crippen LogP contribution in [0.15, 0.2) is 24.3 Å². The maximum Gasteiger partial charge on any atom is 0.300 e. The summed E-state index contributed by atoms with van der Waals surface area (Å²) in [5.74, 6) is -0.833. The molecule has 0 aliphatic rings. The summed E-state index contributed by atoms with van der Waals surface area (Å²) < 4.78 is 0. The second kappa shape index (κ2) is 17.3. The highest BCUT2D eigenvalue weighted by atomic mass is 16.4. The van der Waals surface area contributed by atoms with Crippen LogP contribution in [0, 0.1) is 0 Å². The van der Waals surface area contributed by atoms with Crippen molar-refractivity contribution in [2.24, 2.45) is 0 Å². The Labute approximate surface area is 105 Å². The quantitative estimate of drug-likeness (QED) is 0.505. The van der Waals surface area contributed by atoms with Crippen LogP contribution < -0.4 is 0 Å². The summed E-state index contributed by atoms with van der Waals surface area (Å²) in [6, 6.07) is 0. The number of allylic oxidation sites excluding steroid dienone is 4. The SMILES string of the molecule is C/C=C/C=C\CCCCCCCO.CC(=O)O. The summed E-state index contributed by atoms with van der Waals surface area (Å²) in [5.41, 5.74) is 0. The van der Waals surface area contributed by atoms with Crippen molar-refractivity contribution in [3.05, 3.63) is 24.3 Å². The molecule has 0 fully saturated rings. The van der Waals surface area contributed by atoms with Crippen LogP contribution in [0.4, 0.5) is 0 Å². The van der Waals surface area contributed by atoms with Crippen molar-refractivity contribution in [2.75, 3.05) is 6.61 Å². The molecule has 17 heavy (non-hydrogen) atoms. The molecule has 100 valence electrons. The van der Waals surface area contributed by atoms with E-state index in [1.807, 2.05) is 13.0 Å². The van der Waals surface area contributed by atoms with Gasteiger partial charge in [-0.1, -0.05) is 43.6 Å². The van der Waals surface area contributed by atoms with E-state index in [0.717, 1.165) is 13.3 Å². The lowest BCUT2D eigenvalue weighted by atomic mass is 10.1. The molecule has 0 radical (unpaired) electrons. The standard InChI is InChI=1S/C12H22O.C2H4O2/c1-2-3-4-5-6-7-8-9-10-11-12-13;1-2(3)4/h2-5,13H,6-12H2,1H3;1H3,(H,3,4)/b3-2+,5-4-;. The lowest BCUT2D eigenvalue weighted by molar-refractivity contribution is -0.134. The fourth-order valence-corrected chi connectivity index (χ4v) is 1.19. The van der Waals surface area contributed by atoms with Crippen molar-refractivity contribution >= 4 is 5.97 Å². The highest BCUT2D eigenvalue weighted by molar-refractivity contribution is 5.62. The third kappa shape index (κ3) is 31.3. The van der Waals surface area contributed by atoms with Crippen molar-refractivity contribution < 1.29 is 15.0 Å². The predicted octanol–water partition coefficient (Wildman–Crippen LogP) is 3.54. The summed E-state index contributed by atoms with van der Waals surface area (Å²) in [6.45, 7) is 3.46. The van der Waals surface area contributed by atoms with Gasteiger partial charge in [-0.15, -0.1) is 0 Å². The number of carboxylic acid groups (broad SMARTS) is 1. The maximum atomic E-state index is 9.00. The van der Waals surface area contributed by atoms with Gasteiger partial charge in [0.15, 0.2) is 0 Å². The third-order valence-electron chi connectivity index (χ3n) is 1.97. The van der Waals surface area contributed by atoms with Gasteiger partial charge in [-0.05, 0) is 26.2 Å². The maximum absolute atomic E-state index is 9.00. The minimum Gasteiger partial charge on any atom is -0.481 e. The third-order valence-corrected chi connectivity index (χ3v) is 1.97. The molecule has 0 atom stereocenters. The Kier molecular flexibility index (Phi) is 18.6. The zero-order valence-electron chi connectivity index (χ0n) is 11.1. The summed E-state index contributed by atoms with van der Waals surface area (Å²) in [4.78, 5) is 9.00. The number of hydrogen-bond acceptors (Lipinski definition) is 2. The minimum absolute atomic E-state index is 0.348. The van der Waals surface area contributed by atoms with Crippen molar-refractivity contribution in [3.63, 3.8) is 0 Å². The lowest BCUT2D eigenvalue weighted by Crippen LogP contribution is -1.82. The fourth-order valence-electron chi connectivity index (χ4n) is 1.19. The first kappa shape index (κ1) is 18.3. The second-order valence-corrected chi connectivity index (χ2v) is 3.75. The molecule has 0 aromatic carbocycles. The number of hydrogen-bond donors (Lipinski definition) is 2. The van der Waals surface area contributed by atoms with E-state index in [-0.39, 0.29) is 0 Å². The van der Waals surface area contributed by atoms with E-state index < -0.39 is 5.97 Å². The van der Waals surface area contributed by atoms with Gasteiger partial charge in [0.2, 0.25) is 0 Å². The number of carbonyl (C=O) groups is 1. The van der Waals surface area contributed by atoms with Gasteiger partial charge in [0.25, 0.3) is 5.97 Å². The molecule has 0 saturated heterocycles. The molecule has 0 rings (SSSR count). The van der Waals surface area contributed by atoms with Gasteiger partial charge in [0, 0.05) is 13.5 Å². The summed E-state index contributed by atoms with van der Waals surface area (Å²) in [5, 5.41) is 16.0.